The third kappa shape index (κ3) is 4.24. The Morgan fingerprint density at radius 2 is 2.29 bits per heavy atom. The van der Waals surface area contributed by atoms with Crippen molar-refractivity contribution in [3.05, 3.63) is 15.8 Å². The molecule has 1 fully saturated rings. The SMILES string of the molecule is CNCc1scc(C)c1S(=O)(=O)NCC1CN(C)CCO1. The first-order valence-corrected chi connectivity index (χ1v) is 9.31. The standard InChI is InChI=1S/C13H23N3O3S2/c1-10-9-20-12(7-14-2)13(10)21(17,18)15-6-11-8-16(3)4-5-19-11/h9,11,14-15H,4-8H2,1-3H3. The van der Waals surface area contributed by atoms with Crippen LogP contribution in [0.5, 0.6) is 0 Å². The fourth-order valence-corrected chi connectivity index (χ4v) is 5.28. The van der Waals surface area contributed by atoms with Gasteiger partial charge in [-0.05, 0) is 32.0 Å². The largest absolute Gasteiger partial charge is 0.374 e. The Labute approximate surface area is 130 Å². The van der Waals surface area contributed by atoms with Gasteiger partial charge in [-0.3, -0.25) is 0 Å². The lowest BCUT2D eigenvalue weighted by Gasteiger charge is -2.30. The summed E-state index contributed by atoms with van der Waals surface area (Å²) in [5, 5.41) is 4.89. The summed E-state index contributed by atoms with van der Waals surface area (Å²) in [5.74, 6) is 0. The molecule has 0 saturated carbocycles. The van der Waals surface area contributed by atoms with E-state index in [-0.39, 0.29) is 6.10 Å². The molecule has 1 aliphatic rings. The quantitative estimate of drug-likeness (QED) is 0.788. The molecule has 120 valence electrons. The minimum atomic E-state index is -3.50. The molecule has 8 heteroatoms. The van der Waals surface area contributed by atoms with Gasteiger partial charge in [-0.2, -0.15) is 0 Å². The van der Waals surface area contributed by atoms with Crippen molar-refractivity contribution in [2.75, 3.05) is 40.3 Å². The number of sulfonamides is 1. The van der Waals surface area contributed by atoms with Crippen molar-refractivity contribution < 1.29 is 13.2 Å². The molecule has 0 radical (unpaired) electrons. The number of morpholine rings is 1. The first kappa shape index (κ1) is 16.9. The van der Waals surface area contributed by atoms with E-state index in [4.69, 9.17) is 4.74 Å². The Morgan fingerprint density at radius 1 is 1.52 bits per heavy atom. The fourth-order valence-electron chi connectivity index (χ4n) is 2.40. The van der Waals surface area contributed by atoms with E-state index in [2.05, 4.69) is 14.9 Å². The highest BCUT2D eigenvalue weighted by molar-refractivity contribution is 7.89. The molecule has 1 aliphatic heterocycles. The lowest BCUT2D eigenvalue weighted by atomic mass is 10.3. The van der Waals surface area contributed by atoms with E-state index in [0.717, 1.165) is 23.5 Å². The van der Waals surface area contributed by atoms with Crippen LogP contribution in [0, 0.1) is 6.92 Å². The zero-order valence-corrected chi connectivity index (χ0v) is 14.3. The van der Waals surface area contributed by atoms with E-state index >= 15 is 0 Å². The van der Waals surface area contributed by atoms with Gasteiger partial charge in [-0.25, -0.2) is 13.1 Å². The summed E-state index contributed by atoms with van der Waals surface area (Å²) in [6.45, 7) is 4.96. The second-order valence-corrected chi connectivity index (χ2v) is 7.98. The van der Waals surface area contributed by atoms with E-state index in [9.17, 15) is 8.42 Å². The summed E-state index contributed by atoms with van der Waals surface area (Å²) in [6.07, 6.45) is -0.0924. The van der Waals surface area contributed by atoms with Gasteiger partial charge in [0, 0.05) is 31.1 Å². The second-order valence-electron chi connectivity index (χ2n) is 5.31. The van der Waals surface area contributed by atoms with Crippen LogP contribution in [0.1, 0.15) is 10.4 Å². The number of nitrogens with one attached hydrogen (secondary N) is 2. The highest BCUT2D eigenvalue weighted by Gasteiger charge is 2.25. The molecule has 1 aromatic rings. The molecule has 2 heterocycles. The maximum Gasteiger partial charge on any atom is 0.242 e. The maximum absolute atomic E-state index is 12.5. The lowest BCUT2D eigenvalue weighted by molar-refractivity contribution is -0.0156. The molecule has 1 saturated heterocycles. The Kier molecular flexibility index (Phi) is 5.75. The summed E-state index contributed by atoms with van der Waals surface area (Å²) in [7, 11) is 0.327. The van der Waals surface area contributed by atoms with Crippen molar-refractivity contribution in [2.24, 2.45) is 0 Å². The Bertz CT molecular complexity index is 571. The number of aryl methyl sites for hydroxylation is 1. The van der Waals surface area contributed by atoms with Gasteiger partial charge in [0.1, 0.15) is 4.90 Å². The molecule has 1 atom stereocenters. The average molecular weight is 333 g/mol. The molecule has 2 N–H and O–H groups in total. The number of rotatable bonds is 6. The van der Waals surface area contributed by atoms with Gasteiger partial charge in [-0.1, -0.05) is 0 Å². The van der Waals surface area contributed by atoms with Crippen molar-refractivity contribution in [1.29, 1.82) is 0 Å². The molecule has 0 aromatic carbocycles. The van der Waals surface area contributed by atoms with Crippen LogP contribution in [-0.4, -0.2) is 59.8 Å². The number of ether oxygens (including phenoxy) is 1. The van der Waals surface area contributed by atoms with Crippen LogP contribution in [0.3, 0.4) is 0 Å². The minimum Gasteiger partial charge on any atom is -0.374 e. The van der Waals surface area contributed by atoms with Crippen LogP contribution >= 0.6 is 11.3 Å². The van der Waals surface area contributed by atoms with Gasteiger partial charge in [-0.15, -0.1) is 11.3 Å². The normalized spacial score (nSPS) is 20.8. The smallest absolute Gasteiger partial charge is 0.242 e. The van der Waals surface area contributed by atoms with Crippen molar-refractivity contribution in [2.45, 2.75) is 24.5 Å². The number of likely N-dealkylation sites (N-methyl/N-ethyl adjacent to an activating group) is 1. The number of thiophene rings is 1. The van der Waals surface area contributed by atoms with Gasteiger partial charge in [0.2, 0.25) is 10.0 Å². The maximum atomic E-state index is 12.5. The highest BCUT2D eigenvalue weighted by Crippen LogP contribution is 2.26. The van der Waals surface area contributed by atoms with Crippen LogP contribution < -0.4 is 10.0 Å². The molecule has 2 rings (SSSR count). The Morgan fingerprint density at radius 3 is 2.95 bits per heavy atom. The predicted octanol–water partition coefficient (Wildman–Crippen LogP) is 0.385. The summed E-state index contributed by atoms with van der Waals surface area (Å²) < 4.78 is 33.3. The van der Waals surface area contributed by atoms with Gasteiger partial charge in [0.05, 0.1) is 12.7 Å². The first-order chi connectivity index (χ1) is 9.94. The van der Waals surface area contributed by atoms with Gasteiger partial charge in [0.25, 0.3) is 0 Å². The van der Waals surface area contributed by atoms with E-state index < -0.39 is 10.0 Å². The van der Waals surface area contributed by atoms with Crippen molar-refractivity contribution in [1.82, 2.24) is 14.9 Å². The third-order valence-electron chi connectivity index (χ3n) is 3.44. The highest BCUT2D eigenvalue weighted by atomic mass is 32.2. The first-order valence-electron chi connectivity index (χ1n) is 6.95. The number of hydrogen-bond acceptors (Lipinski definition) is 6. The van der Waals surface area contributed by atoms with Gasteiger partial charge < -0.3 is 15.0 Å². The van der Waals surface area contributed by atoms with Crippen molar-refractivity contribution in [3.63, 3.8) is 0 Å². The molecule has 0 spiro atoms. The summed E-state index contributed by atoms with van der Waals surface area (Å²) in [6, 6.07) is 0. The van der Waals surface area contributed by atoms with Crippen molar-refractivity contribution in [3.8, 4) is 0 Å². The molecule has 6 nitrogen and oxygen atoms in total. The molecule has 0 bridgehead atoms. The number of nitrogens with zero attached hydrogens (tertiary/aromatic N) is 1. The molecule has 0 aliphatic carbocycles. The van der Waals surface area contributed by atoms with Crippen LogP contribution in [0.4, 0.5) is 0 Å². The van der Waals surface area contributed by atoms with Crippen LogP contribution in [0.15, 0.2) is 10.3 Å². The Balaban J connectivity index is 2.06. The predicted molar refractivity (Wildman–Crippen MR) is 84.2 cm³/mol. The lowest BCUT2D eigenvalue weighted by Crippen LogP contribution is -2.46. The van der Waals surface area contributed by atoms with Gasteiger partial charge >= 0.3 is 0 Å². The zero-order valence-electron chi connectivity index (χ0n) is 12.7. The second kappa shape index (κ2) is 7.17. The van der Waals surface area contributed by atoms with Crippen LogP contribution in [-0.2, 0) is 21.3 Å². The topological polar surface area (TPSA) is 70.7 Å². The van der Waals surface area contributed by atoms with E-state index in [1.807, 2.05) is 26.4 Å². The molecular formula is C13H23N3O3S2. The third-order valence-corrected chi connectivity index (χ3v) is 6.32. The van der Waals surface area contributed by atoms with Crippen LogP contribution in [0.2, 0.25) is 0 Å². The molecule has 1 unspecified atom stereocenters. The van der Waals surface area contributed by atoms with Crippen molar-refractivity contribution >= 4 is 21.4 Å². The Hall–Kier alpha value is -0.510. The molecule has 0 amide bonds. The monoisotopic (exact) mass is 333 g/mol. The van der Waals surface area contributed by atoms with E-state index in [1.165, 1.54) is 11.3 Å². The summed E-state index contributed by atoms with van der Waals surface area (Å²) in [5.41, 5.74) is 0.791. The van der Waals surface area contributed by atoms with E-state index in [0.29, 0.717) is 24.6 Å². The zero-order chi connectivity index (χ0) is 15.5. The van der Waals surface area contributed by atoms with Crippen LogP contribution in [0.25, 0.3) is 0 Å². The minimum absolute atomic E-state index is 0.0924. The van der Waals surface area contributed by atoms with E-state index in [1.54, 1.807) is 0 Å². The number of hydrogen-bond donors (Lipinski definition) is 2. The fraction of sp³-hybridized carbons (Fsp3) is 0.692. The molecular weight excluding hydrogens is 310 g/mol. The molecule has 1 aromatic heterocycles. The summed E-state index contributed by atoms with van der Waals surface area (Å²) >= 11 is 1.47. The summed E-state index contributed by atoms with van der Waals surface area (Å²) in [4.78, 5) is 3.39. The molecule has 21 heavy (non-hydrogen) atoms. The average Bonchev–Trinajstić information content (AvgIpc) is 2.79. The van der Waals surface area contributed by atoms with Gasteiger partial charge in [0.15, 0.2) is 0 Å².